The number of nitrogens with zero attached hydrogens (tertiary/aromatic N) is 1. The van der Waals surface area contributed by atoms with Gasteiger partial charge in [-0.1, -0.05) is 34.1 Å². The Labute approximate surface area is 196 Å². The molecule has 3 aromatic carbocycles. The third kappa shape index (κ3) is 6.23. The molecule has 0 saturated heterocycles. The number of halogens is 2. The molecule has 0 aliphatic carbocycles. The molecule has 168 valence electrons. The van der Waals surface area contributed by atoms with Gasteiger partial charge in [0, 0.05) is 22.3 Å². The van der Waals surface area contributed by atoms with E-state index in [2.05, 4.69) is 26.6 Å². The predicted molar refractivity (Wildman–Crippen MR) is 124 cm³/mol. The zero-order valence-corrected chi connectivity index (χ0v) is 18.8. The molecule has 0 aliphatic heterocycles. The SMILES string of the molecule is COc1ccc(Br)cc1C(=O)NC(=Cc1cccc([N+](=O)[O-])c1)C(=O)Nc1cccc(F)c1. The Morgan fingerprint density at radius 2 is 1.85 bits per heavy atom. The van der Waals surface area contributed by atoms with Crippen molar-refractivity contribution in [3.63, 3.8) is 0 Å². The number of carbonyl (C=O) groups excluding carboxylic acids is 2. The van der Waals surface area contributed by atoms with Crippen LogP contribution in [0.15, 0.2) is 76.9 Å². The molecular weight excluding hydrogens is 497 g/mol. The van der Waals surface area contributed by atoms with E-state index in [1.807, 2.05) is 0 Å². The van der Waals surface area contributed by atoms with Crippen molar-refractivity contribution in [2.75, 3.05) is 12.4 Å². The molecular formula is C23H17BrFN3O5. The van der Waals surface area contributed by atoms with Crippen molar-refractivity contribution < 1.29 is 23.6 Å². The molecule has 0 unspecified atom stereocenters. The zero-order chi connectivity index (χ0) is 24.0. The number of nitro benzene ring substituents is 1. The second kappa shape index (κ2) is 10.5. The minimum atomic E-state index is -0.755. The van der Waals surface area contributed by atoms with Crippen LogP contribution in [0.4, 0.5) is 15.8 Å². The summed E-state index contributed by atoms with van der Waals surface area (Å²) in [5, 5.41) is 16.1. The highest BCUT2D eigenvalue weighted by atomic mass is 79.9. The van der Waals surface area contributed by atoms with E-state index in [4.69, 9.17) is 4.74 Å². The maximum Gasteiger partial charge on any atom is 0.272 e. The van der Waals surface area contributed by atoms with Gasteiger partial charge in [-0.2, -0.15) is 0 Å². The molecule has 0 radical (unpaired) electrons. The van der Waals surface area contributed by atoms with E-state index in [1.54, 1.807) is 12.1 Å². The first-order valence-electron chi connectivity index (χ1n) is 9.45. The quantitative estimate of drug-likeness (QED) is 0.264. The van der Waals surface area contributed by atoms with Gasteiger partial charge in [-0.15, -0.1) is 0 Å². The van der Waals surface area contributed by atoms with Crippen molar-refractivity contribution in [1.29, 1.82) is 0 Å². The molecule has 0 heterocycles. The Morgan fingerprint density at radius 3 is 2.55 bits per heavy atom. The number of carbonyl (C=O) groups is 2. The van der Waals surface area contributed by atoms with Gasteiger partial charge in [-0.05, 0) is 48.0 Å². The minimum Gasteiger partial charge on any atom is -0.496 e. The molecule has 0 bridgehead atoms. The summed E-state index contributed by atoms with van der Waals surface area (Å²) in [4.78, 5) is 36.4. The number of nitrogens with one attached hydrogen (secondary N) is 2. The van der Waals surface area contributed by atoms with Gasteiger partial charge in [-0.3, -0.25) is 19.7 Å². The van der Waals surface area contributed by atoms with E-state index < -0.39 is 22.6 Å². The molecule has 8 nitrogen and oxygen atoms in total. The first-order chi connectivity index (χ1) is 15.8. The van der Waals surface area contributed by atoms with Gasteiger partial charge in [0.05, 0.1) is 17.6 Å². The Kier molecular flexibility index (Phi) is 7.52. The van der Waals surface area contributed by atoms with Crippen LogP contribution in [0.3, 0.4) is 0 Å². The molecule has 0 aromatic heterocycles. The lowest BCUT2D eigenvalue weighted by molar-refractivity contribution is -0.384. The number of nitro groups is 1. The molecule has 10 heteroatoms. The van der Waals surface area contributed by atoms with E-state index in [0.717, 1.165) is 6.07 Å². The fourth-order valence-electron chi connectivity index (χ4n) is 2.87. The molecule has 2 amide bonds. The van der Waals surface area contributed by atoms with Gasteiger partial charge in [0.15, 0.2) is 0 Å². The fraction of sp³-hybridized carbons (Fsp3) is 0.0435. The van der Waals surface area contributed by atoms with Crippen LogP contribution >= 0.6 is 15.9 Å². The summed E-state index contributed by atoms with van der Waals surface area (Å²) in [6.45, 7) is 0. The molecule has 3 aromatic rings. The highest BCUT2D eigenvalue weighted by molar-refractivity contribution is 9.10. The van der Waals surface area contributed by atoms with Crippen LogP contribution in [0.25, 0.3) is 6.08 Å². The fourth-order valence-corrected chi connectivity index (χ4v) is 3.23. The highest BCUT2D eigenvalue weighted by Gasteiger charge is 2.19. The monoisotopic (exact) mass is 513 g/mol. The average Bonchev–Trinajstić information content (AvgIpc) is 2.78. The van der Waals surface area contributed by atoms with Crippen LogP contribution in [-0.2, 0) is 4.79 Å². The van der Waals surface area contributed by atoms with Gasteiger partial charge < -0.3 is 15.4 Å². The second-order valence-electron chi connectivity index (χ2n) is 6.67. The van der Waals surface area contributed by atoms with E-state index in [0.29, 0.717) is 10.0 Å². The smallest absolute Gasteiger partial charge is 0.272 e. The van der Waals surface area contributed by atoms with Crippen molar-refractivity contribution in [2.45, 2.75) is 0 Å². The number of ether oxygens (including phenoxy) is 1. The van der Waals surface area contributed by atoms with Crippen LogP contribution < -0.4 is 15.4 Å². The first-order valence-corrected chi connectivity index (χ1v) is 10.2. The maximum absolute atomic E-state index is 13.5. The topological polar surface area (TPSA) is 111 Å². The Bertz CT molecular complexity index is 1260. The van der Waals surface area contributed by atoms with Crippen LogP contribution in [-0.4, -0.2) is 23.8 Å². The van der Waals surface area contributed by atoms with Crippen molar-refractivity contribution >= 4 is 45.2 Å². The molecule has 0 fully saturated rings. The predicted octanol–water partition coefficient (Wildman–Crippen LogP) is 4.91. The van der Waals surface area contributed by atoms with Crippen molar-refractivity contribution in [2.24, 2.45) is 0 Å². The van der Waals surface area contributed by atoms with Crippen molar-refractivity contribution in [3.8, 4) is 5.75 Å². The summed E-state index contributed by atoms with van der Waals surface area (Å²) in [6.07, 6.45) is 1.28. The van der Waals surface area contributed by atoms with E-state index in [1.165, 1.54) is 61.7 Å². The van der Waals surface area contributed by atoms with E-state index in [9.17, 15) is 24.1 Å². The number of anilines is 1. The maximum atomic E-state index is 13.5. The van der Waals surface area contributed by atoms with E-state index in [-0.39, 0.29) is 28.4 Å². The lowest BCUT2D eigenvalue weighted by atomic mass is 10.1. The number of methoxy groups -OCH3 is 1. The van der Waals surface area contributed by atoms with Gasteiger partial charge >= 0.3 is 0 Å². The summed E-state index contributed by atoms with van der Waals surface area (Å²) >= 11 is 3.29. The average molecular weight is 514 g/mol. The second-order valence-corrected chi connectivity index (χ2v) is 7.59. The number of hydrogen-bond donors (Lipinski definition) is 2. The molecule has 33 heavy (non-hydrogen) atoms. The number of benzene rings is 3. The summed E-state index contributed by atoms with van der Waals surface area (Å²) in [7, 11) is 1.40. The van der Waals surface area contributed by atoms with Gasteiger partial charge in [0.25, 0.3) is 17.5 Å². The highest BCUT2D eigenvalue weighted by Crippen LogP contribution is 2.24. The third-order valence-corrected chi connectivity index (χ3v) is 4.87. The van der Waals surface area contributed by atoms with Crippen LogP contribution in [0, 0.1) is 15.9 Å². The number of rotatable bonds is 7. The van der Waals surface area contributed by atoms with Gasteiger partial charge in [-0.25, -0.2) is 4.39 Å². The summed E-state index contributed by atoms with van der Waals surface area (Å²) in [5.74, 6) is -1.69. The molecule has 2 N–H and O–H groups in total. The van der Waals surface area contributed by atoms with E-state index >= 15 is 0 Å². The minimum absolute atomic E-state index is 0.148. The molecule has 0 spiro atoms. The Balaban J connectivity index is 1.98. The Hall–Kier alpha value is -4.05. The number of non-ortho nitro benzene ring substituents is 1. The van der Waals surface area contributed by atoms with Gasteiger partial charge in [0.2, 0.25) is 0 Å². The molecule has 3 rings (SSSR count). The summed E-state index contributed by atoms with van der Waals surface area (Å²) in [6, 6.07) is 15.5. The lowest BCUT2D eigenvalue weighted by Crippen LogP contribution is -2.31. The third-order valence-electron chi connectivity index (χ3n) is 4.37. The largest absolute Gasteiger partial charge is 0.496 e. The van der Waals surface area contributed by atoms with Crippen LogP contribution in [0.1, 0.15) is 15.9 Å². The standard InChI is InChI=1S/C23H17BrFN3O5/c1-33-21-9-8-15(24)12-19(21)22(29)27-20(11-14-4-2-7-18(10-14)28(31)32)23(30)26-17-6-3-5-16(25)13-17/h2-13H,1H3,(H,26,30)(H,27,29). The van der Waals surface area contributed by atoms with Crippen LogP contribution in [0.5, 0.6) is 5.75 Å². The number of hydrogen-bond acceptors (Lipinski definition) is 5. The molecule has 0 aliphatic rings. The molecule has 0 atom stereocenters. The first kappa shape index (κ1) is 23.6. The Morgan fingerprint density at radius 1 is 1.09 bits per heavy atom. The normalized spacial score (nSPS) is 10.9. The zero-order valence-electron chi connectivity index (χ0n) is 17.2. The lowest BCUT2D eigenvalue weighted by Gasteiger charge is -2.13. The number of amides is 2. The van der Waals surface area contributed by atoms with Crippen molar-refractivity contribution in [1.82, 2.24) is 5.32 Å². The molecule has 0 saturated carbocycles. The van der Waals surface area contributed by atoms with Crippen molar-refractivity contribution in [3.05, 3.63) is 104 Å². The summed E-state index contributed by atoms with van der Waals surface area (Å²) < 4.78 is 19.3. The van der Waals surface area contributed by atoms with Gasteiger partial charge in [0.1, 0.15) is 17.3 Å². The summed E-state index contributed by atoms with van der Waals surface area (Å²) in [5.41, 5.74) is 0.213. The van der Waals surface area contributed by atoms with Crippen LogP contribution in [0.2, 0.25) is 0 Å².